The molecular formula is C13H20ClN3O2. The number of hydrogen-bond donors (Lipinski definition) is 1. The first-order chi connectivity index (χ1) is 9.11. The van der Waals surface area contributed by atoms with E-state index in [0.717, 1.165) is 18.5 Å². The first-order valence-corrected chi connectivity index (χ1v) is 7.10. The maximum Gasteiger partial charge on any atom is 0.323 e. The van der Waals surface area contributed by atoms with Crippen molar-refractivity contribution in [3.05, 3.63) is 16.9 Å². The van der Waals surface area contributed by atoms with Crippen molar-refractivity contribution >= 4 is 17.6 Å². The molecule has 1 aliphatic rings. The zero-order valence-electron chi connectivity index (χ0n) is 11.4. The van der Waals surface area contributed by atoms with Crippen LogP contribution in [0.2, 0.25) is 5.02 Å². The molecule has 1 fully saturated rings. The molecule has 19 heavy (non-hydrogen) atoms. The highest BCUT2D eigenvalue weighted by atomic mass is 35.5. The van der Waals surface area contributed by atoms with Crippen molar-refractivity contribution in [2.45, 2.75) is 51.7 Å². The van der Waals surface area contributed by atoms with Gasteiger partial charge in [0.15, 0.2) is 0 Å². The Balaban J connectivity index is 1.91. The van der Waals surface area contributed by atoms with Crippen molar-refractivity contribution in [2.75, 3.05) is 6.61 Å². The number of nitrogens with zero attached hydrogens (tertiary/aromatic N) is 2. The van der Waals surface area contributed by atoms with Crippen molar-refractivity contribution in [3.8, 4) is 0 Å². The molecule has 1 unspecified atom stereocenters. The van der Waals surface area contributed by atoms with Crippen LogP contribution in [0.3, 0.4) is 0 Å². The Labute approximate surface area is 118 Å². The Morgan fingerprint density at radius 2 is 2.42 bits per heavy atom. The third kappa shape index (κ3) is 3.94. The second-order valence-corrected chi connectivity index (χ2v) is 5.24. The molecule has 6 heteroatoms. The van der Waals surface area contributed by atoms with Crippen molar-refractivity contribution in [1.29, 1.82) is 0 Å². The molecule has 1 N–H and O–H groups in total. The summed E-state index contributed by atoms with van der Waals surface area (Å²) in [4.78, 5) is 11.9. The van der Waals surface area contributed by atoms with Gasteiger partial charge in [0.2, 0.25) is 0 Å². The van der Waals surface area contributed by atoms with Gasteiger partial charge in [0.05, 0.1) is 23.5 Å². The first-order valence-electron chi connectivity index (χ1n) is 6.72. The van der Waals surface area contributed by atoms with E-state index in [1.54, 1.807) is 6.20 Å². The number of carbonyl (C=O) groups excluding carboxylic acids is 1. The lowest BCUT2D eigenvalue weighted by Crippen LogP contribution is -2.40. The van der Waals surface area contributed by atoms with Gasteiger partial charge in [-0.3, -0.25) is 9.48 Å². The Bertz CT molecular complexity index is 443. The highest BCUT2D eigenvalue weighted by molar-refractivity contribution is 6.31. The van der Waals surface area contributed by atoms with Crippen LogP contribution >= 0.6 is 11.6 Å². The monoisotopic (exact) mass is 285 g/mol. The maximum absolute atomic E-state index is 11.9. The lowest BCUT2D eigenvalue weighted by Gasteiger charge is -2.17. The smallest absolute Gasteiger partial charge is 0.323 e. The lowest BCUT2D eigenvalue weighted by molar-refractivity contribution is -0.146. The summed E-state index contributed by atoms with van der Waals surface area (Å²) in [5.41, 5.74) is 0.927. The molecule has 0 bridgehead atoms. The average Bonchev–Trinajstić information content (AvgIpc) is 3.15. The maximum atomic E-state index is 11.9. The third-order valence-electron chi connectivity index (χ3n) is 3.26. The average molecular weight is 286 g/mol. The van der Waals surface area contributed by atoms with Gasteiger partial charge in [0.25, 0.3) is 0 Å². The fourth-order valence-electron chi connectivity index (χ4n) is 1.95. The van der Waals surface area contributed by atoms with Crippen LogP contribution in [0.15, 0.2) is 6.20 Å². The zero-order chi connectivity index (χ0) is 13.8. The molecule has 0 radical (unpaired) electrons. The Hall–Kier alpha value is -1.07. The fraction of sp³-hybridized carbons (Fsp3) is 0.692. The van der Waals surface area contributed by atoms with Gasteiger partial charge in [-0.25, -0.2) is 0 Å². The summed E-state index contributed by atoms with van der Waals surface area (Å²) in [5.74, 6) is -0.176. The molecule has 0 amide bonds. The molecular weight excluding hydrogens is 266 g/mol. The van der Waals surface area contributed by atoms with Crippen molar-refractivity contribution in [2.24, 2.45) is 0 Å². The molecule has 2 rings (SSSR count). The molecule has 1 aliphatic carbocycles. The van der Waals surface area contributed by atoms with Crippen molar-refractivity contribution in [1.82, 2.24) is 15.1 Å². The van der Waals surface area contributed by atoms with Gasteiger partial charge in [-0.2, -0.15) is 5.10 Å². The largest absolute Gasteiger partial charge is 0.465 e. The minimum Gasteiger partial charge on any atom is -0.465 e. The van der Waals surface area contributed by atoms with Crippen LogP contribution in [0.1, 0.15) is 31.9 Å². The Morgan fingerprint density at radius 1 is 1.68 bits per heavy atom. The summed E-state index contributed by atoms with van der Waals surface area (Å²) in [6.07, 6.45) is 4.57. The third-order valence-corrected chi connectivity index (χ3v) is 3.63. The quantitative estimate of drug-likeness (QED) is 0.778. The van der Waals surface area contributed by atoms with E-state index in [2.05, 4.69) is 10.4 Å². The molecule has 1 atom stereocenters. The van der Waals surface area contributed by atoms with Crippen LogP contribution in [-0.2, 0) is 16.1 Å². The lowest BCUT2D eigenvalue weighted by atomic mass is 10.2. The fourth-order valence-corrected chi connectivity index (χ4v) is 2.09. The number of carbonyl (C=O) groups is 1. The van der Waals surface area contributed by atoms with E-state index < -0.39 is 0 Å². The topological polar surface area (TPSA) is 56.2 Å². The first kappa shape index (κ1) is 14.3. The molecule has 1 saturated carbocycles. The van der Waals surface area contributed by atoms with Crippen LogP contribution in [0.4, 0.5) is 0 Å². The van der Waals surface area contributed by atoms with Crippen LogP contribution < -0.4 is 5.32 Å². The van der Waals surface area contributed by atoms with Crippen molar-refractivity contribution in [3.63, 3.8) is 0 Å². The zero-order valence-corrected chi connectivity index (χ0v) is 12.1. The number of rotatable bonds is 7. The normalized spacial score (nSPS) is 16.4. The number of esters is 1. The van der Waals surface area contributed by atoms with Gasteiger partial charge in [0.1, 0.15) is 6.04 Å². The van der Waals surface area contributed by atoms with Gasteiger partial charge in [-0.05, 0) is 33.1 Å². The molecule has 1 aromatic heterocycles. The van der Waals surface area contributed by atoms with Gasteiger partial charge in [-0.15, -0.1) is 0 Å². The summed E-state index contributed by atoms with van der Waals surface area (Å²) >= 11 is 5.96. The summed E-state index contributed by atoms with van der Waals surface area (Å²) in [7, 11) is 0. The minimum absolute atomic E-state index is 0.176. The second kappa shape index (κ2) is 6.39. The highest BCUT2D eigenvalue weighted by Gasteiger charge is 2.29. The van der Waals surface area contributed by atoms with E-state index in [4.69, 9.17) is 16.3 Å². The summed E-state index contributed by atoms with van der Waals surface area (Å²) in [6.45, 7) is 4.81. The molecule has 1 aromatic rings. The molecule has 0 aromatic carbocycles. The van der Waals surface area contributed by atoms with Crippen LogP contribution in [0, 0.1) is 6.92 Å². The van der Waals surface area contributed by atoms with Gasteiger partial charge in [-0.1, -0.05) is 11.6 Å². The standard InChI is InChI=1S/C13H20ClN3O2/c1-3-19-13(18)12(16-10-4-5-10)6-7-17-9(2)11(14)8-15-17/h8,10,12,16H,3-7H2,1-2H3. The SMILES string of the molecule is CCOC(=O)C(CCn1ncc(Cl)c1C)NC1CC1. The van der Waals surface area contributed by atoms with Crippen LogP contribution in [0.5, 0.6) is 0 Å². The van der Waals surface area contributed by atoms with Gasteiger partial charge in [0, 0.05) is 12.6 Å². The van der Waals surface area contributed by atoms with E-state index in [-0.39, 0.29) is 12.0 Å². The molecule has 106 valence electrons. The highest BCUT2D eigenvalue weighted by Crippen LogP contribution is 2.21. The van der Waals surface area contributed by atoms with E-state index >= 15 is 0 Å². The van der Waals surface area contributed by atoms with Gasteiger partial charge < -0.3 is 10.1 Å². The predicted octanol–water partition coefficient (Wildman–Crippen LogP) is 1.92. The van der Waals surface area contributed by atoms with E-state index in [1.807, 2.05) is 18.5 Å². The molecule has 0 aliphatic heterocycles. The molecule has 0 saturated heterocycles. The number of nitrogens with one attached hydrogen (secondary N) is 1. The van der Waals surface area contributed by atoms with E-state index in [0.29, 0.717) is 30.6 Å². The molecule has 1 heterocycles. The number of halogens is 1. The number of hydrogen-bond acceptors (Lipinski definition) is 4. The van der Waals surface area contributed by atoms with Crippen molar-refractivity contribution < 1.29 is 9.53 Å². The van der Waals surface area contributed by atoms with E-state index in [1.165, 1.54) is 0 Å². The van der Waals surface area contributed by atoms with E-state index in [9.17, 15) is 4.79 Å². The summed E-state index contributed by atoms with van der Waals surface area (Å²) in [5, 5.41) is 8.17. The summed E-state index contributed by atoms with van der Waals surface area (Å²) < 4.78 is 6.92. The molecule has 5 nitrogen and oxygen atoms in total. The minimum atomic E-state index is -0.255. The number of ether oxygens (including phenoxy) is 1. The Morgan fingerprint density at radius 3 is 2.95 bits per heavy atom. The van der Waals surface area contributed by atoms with Crippen LogP contribution in [-0.4, -0.2) is 34.4 Å². The number of aryl methyl sites for hydroxylation is 1. The van der Waals surface area contributed by atoms with Gasteiger partial charge >= 0.3 is 5.97 Å². The molecule has 0 spiro atoms. The predicted molar refractivity (Wildman–Crippen MR) is 73.2 cm³/mol. The number of aromatic nitrogens is 2. The second-order valence-electron chi connectivity index (χ2n) is 4.84. The summed E-state index contributed by atoms with van der Waals surface area (Å²) in [6, 6.07) is 0.214. The Kier molecular flexibility index (Phi) is 4.82. The van der Waals surface area contributed by atoms with Crippen LogP contribution in [0.25, 0.3) is 0 Å².